The van der Waals surface area contributed by atoms with Gasteiger partial charge in [0.05, 0.1) is 18.8 Å². The zero-order chi connectivity index (χ0) is 17.8. The lowest BCUT2D eigenvalue weighted by Gasteiger charge is -2.15. The summed E-state index contributed by atoms with van der Waals surface area (Å²) in [6, 6.07) is 12.0. The Morgan fingerprint density at radius 1 is 1.28 bits per heavy atom. The Morgan fingerprint density at radius 3 is 2.68 bits per heavy atom. The summed E-state index contributed by atoms with van der Waals surface area (Å²) in [6.45, 7) is 1.88. The highest BCUT2D eigenvalue weighted by Crippen LogP contribution is 2.20. The number of halogens is 2. The molecular formula is C19H17ClFN3O. The third-order valence-electron chi connectivity index (χ3n) is 3.97. The van der Waals surface area contributed by atoms with Crippen molar-refractivity contribution in [2.24, 2.45) is 0 Å². The highest BCUT2D eigenvalue weighted by Gasteiger charge is 2.14. The molecule has 0 spiro atoms. The van der Waals surface area contributed by atoms with Crippen molar-refractivity contribution < 1.29 is 9.18 Å². The van der Waals surface area contributed by atoms with Gasteiger partial charge in [-0.1, -0.05) is 29.8 Å². The van der Waals surface area contributed by atoms with Gasteiger partial charge in [-0.05, 0) is 36.8 Å². The lowest BCUT2D eigenvalue weighted by Crippen LogP contribution is -2.28. The fraction of sp³-hybridized carbons (Fsp3) is 0.158. The van der Waals surface area contributed by atoms with Crippen LogP contribution in [0.1, 0.15) is 24.1 Å². The highest BCUT2D eigenvalue weighted by atomic mass is 35.5. The van der Waals surface area contributed by atoms with Gasteiger partial charge in [-0.15, -0.1) is 0 Å². The van der Waals surface area contributed by atoms with Crippen molar-refractivity contribution in [3.8, 4) is 5.69 Å². The summed E-state index contributed by atoms with van der Waals surface area (Å²) < 4.78 is 15.7. The predicted molar refractivity (Wildman–Crippen MR) is 95.2 cm³/mol. The summed E-state index contributed by atoms with van der Waals surface area (Å²) in [6.07, 6.45) is 5.20. The molecule has 0 saturated carbocycles. The summed E-state index contributed by atoms with van der Waals surface area (Å²) in [5, 5.41) is 3.13. The summed E-state index contributed by atoms with van der Waals surface area (Å²) in [5.41, 5.74) is 2.15. The minimum atomic E-state index is -0.472. The van der Waals surface area contributed by atoms with Crippen LogP contribution in [-0.2, 0) is 11.2 Å². The maximum Gasteiger partial charge on any atom is 0.225 e. The summed E-state index contributed by atoms with van der Waals surface area (Å²) in [4.78, 5) is 16.2. The number of hydrogen-bond acceptors (Lipinski definition) is 2. The molecule has 1 N–H and O–H groups in total. The maximum absolute atomic E-state index is 13.8. The summed E-state index contributed by atoms with van der Waals surface area (Å²) in [5.74, 6) is -0.752. The number of benzene rings is 2. The molecule has 1 amide bonds. The third kappa shape index (κ3) is 4.06. The average Bonchev–Trinajstić information content (AvgIpc) is 3.13. The van der Waals surface area contributed by atoms with Crippen molar-refractivity contribution in [1.82, 2.24) is 14.9 Å². The SMILES string of the molecule is C[C@H](NC(=O)Cc1c(F)cccc1Cl)c1ccc(-n2ccnc2)cc1. The van der Waals surface area contributed by atoms with Crippen LogP contribution >= 0.6 is 11.6 Å². The molecule has 0 unspecified atom stereocenters. The Labute approximate surface area is 150 Å². The quantitative estimate of drug-likeness (QED) is 0.747. The zero-order valence-corrected chi connectivity index (χ0v) is 14.4. The summed E-state index contributed by atoms with van der Waals surface area (Å²) >= 11 is 5.97. The number of carbonyl (C=O) groups excluding carboxylic acids is 1. The van der Waals surface area contributed by atoms with E-state index < -0.39 is 5.82 Å². The predicted octanol–water partition coefficient (Wildman–Crippen LogP) is 4.08. The molecule has 0 bridgehead atoms. The number of rotatable bonds is 5. The van der Waals surface area contributed by atoms with Crippen LogP contribution in [-0.4, -0.2) is 15.5 Å². The fourth-order valence-electron chi connectivity index (χ4n) is 2.58. The van der Waals surface area contributed by atoms with E-state index in [-0.39, 0.29) is 29.0 Å². The van der Waals surface area contributed by atoms with Crippen LogP contribution in [0.2, 0.25) is 5.02 Å². The Bertz CT molecular complexity index is 843. The Kier molecular flexibility index (Phi) is 5.14. The Morgan fingerprint density at radius 2 is 2.04 bits per heavy atom. The van der Waals surface area contributed by atoms with Gasteiger partial charge in [0.2, 0.25) is 5.91 Å². The second-order valence-corrected chi connectivity index (χ2v) is 6.13. The first-order valence-electron chi connectivity index (χ1n) is 7.85. The van der Waals surface area contributed by atoms with E-state index in [4.69, 9.17) is 11.6 Å². The van der Waals surface area contributed by atoms with E-state index >= 15 is 0 Å². The Balaban J connectivity index is 1.65. The van der Waals surface area contributed by atoms with Gasteiger partial charge in [0.1, 0.15) is 5.82 Å². The number of imidazole rings is 1. The van der Waals surface area contributed by atoms with E-state index in [0.29, 0.717) is 0 Å². The van der Waals surface area contributed by atoms with Crippen LogP contribution in [0.15, 0.2) is 61.2 Å². The van der Waals surface area contributed by atoms with Crippen molar-refractivity contribution >= 4 is 17.5 Å². The molecule has 6 heteroatoms. The first-order chi connectivity index (χ1) is 12.0. The number of amides is 1. The number of aromatic nitrogens is 2. The van der Waals surface area contributed by atoms with E-state index in [2.05, 4.69) is 10.3 Å². The van der Waals surface area contributed by atoms with Crippen molar-refractivity contribution in [2.45, 2.75) is 19.4 Å². The van der Waals surface area contributed by atoms with Crippen molar-refractivity contribution in [3.05, 3.63) is 83.2 Å². The van der Waals surface area contributed by atoms with E-state index in [9.17, 15) is 9.18 Å². The topological polar surface area (TPSA) is 46.9 Å². The smallest absolute Gasteiger partial charge is 0.225 e. The van der Waals surface area contributed by atoms with E-state index in [0.717, 1.165) is 11.3 Å². The van der Waals surface area contributed by atoms with E-state index in [1.165, 1.54) is 12.1 Å². The largest absolute Gasteiger partial charge is 0.349 e. The molecule has 1 aromatic heterocycles. The molecule has 128 valence electrons. The second-order valence-electron chi connectivity index (χ2n) is 5.73. The van der Waals surface area contributed by atoms with Gasteiger partial charge in [0.15, 0.2) is 0 Å². The normalized spacial score (nSPS) is 12.0. The van der Waals surface area contributed by atoms with Crippen LogP contribution in [0.4, 0.5) is 4.39 Å². The number of carbonyl (C=O) groups is 1. The third-order valence-corrected chi connectivity index (χ3v) is 4.33. The average molecular weight is 358 g/mol. The lowest BCUT2D eigenvalue weighted by atomic mass is 10.1. The molecular weight excluding hydrogens is 341 g/mol. The van der Waals surface area contributed by atoms with Gasteiger partial charge < -0.3 is 9.88 Å². The molecule has 4 nitrogen and oxygen atoms in total. The van der Waals surface area contributed by atoms with Crippen molar-refractivity contribution in [3.63, 3.8) is 0 Å². The maximum atomic E-state index is 13.8. The molecule has 0 aliphatic carbocycles. The number of nitrogens with one attached hydrogen (secondary N) is 1. The van der Waals surface area contributed by atoms with Gasteiger partial charge in [-0.3, -0.25) is 4.79 Å². The minimum Gasteiger partial charge on any atom is -0.349 e. The molecule has 0 fully saturated rings. The number of hydrogen-bond donors (Lipinski definition) is 1. The van der Waals surface area contributed by atoms with Crippen molar-refractivity contribution in [2.75, 3.05) is 0 Å². The highest BCUT2D eigenvalue weighted by molar-refractivity contribution is 6.31. The van der Waals surface area contributed by atoms with E-state index in [1.807, 2.05) is 42.0 Å². The Hall–Kier alpha value is -2.66. The molecule has 0 aliphatic rings. The molecule has 3 aromatic rings. The molecule has 1 heterocycles. The first kappa shape index (κ1) is 17.2. The van der Waals surface area contributed by atoms with Crippen LogP contribution in [0.5, 0.6) is 0 Å². The van der Waals surface area contributed by atoms with Gasteiger partial charge in [-0.25, -0.2) is 9.37 Å². The molecule has 0 radical (unpaired) electrons. The molecule has 0 aliphatic heterocycles. The van der Waals surface area contributed by atoms with Crippen LogP contribution in [0, 0.1) is 5.82 Å². The monoisotopic (exact) mass is 357 g/mol. The van der Waals surface area contributed by atoms with Crippen LogP contribution in [0.3, 0.4) is 0 Å². The molecule has 0 saturated heterocycles. The second kappa shape index (κ2) is 7.49. The fourth-order valence-corrected chi connectivity index (χ4v) is 2.81. The van der Waals surface area contributed by atoms with Gasteiger partial charge in [0, 0.05) is 28.7 Å². The van der Waals surface area contributed by atoms with Crippen LogP contribution in [0.25, 0.3) is 5.69 Å². The molecule has 1 atom stereocenters. The van der Waals surface area contributed by atoms with Gasteiger partial charge >= 0.3 is 0 Å². The van der Waals surface area contributed by atoms with Gasteiger partial charge in [-0.2, -0.15) is 0 Å². The standard InChI is InChI=1S/C19H17ClFN3O/c1-13(14-5-7-15(8-6-14)24-10-9-22-12-24)23-19(25)11-16-17(20)3-2-4-18(16)21/h2-10,12-13H,11H2,1H3,(H,23,25)/t13-/m0/s1. The number of nitrogens with zero attached hydrogens (tertiary/aromatic N) is 2. The summed E-state index contributed by atoms with van der Waals surface area (Å²) in [7, 11) is 0. The van der Waals surface area contributed by atoms with Gasteiger partial charge in [0.25, 0.3) is 0 Å². The lowest BCUT2D eigenvalue weighted by molar-refractivity contribution is -0.121. The molecule has 3 rings (SSSR count). The zero-order valence-electron chi connectivity index (χ0n) is 13.6. The molecule has 25 heavy (non-hydrogen) atoms. The minimum absolute atomic E-state index is 0.0943. The van der Waals surface area contributed by atoms with Crippen LogP contribution < -0.4 is 5.32 Å². The van der Waals surface area contributed by atoms with Crippen molar-refractivity contribution in [1.29, 1.82) is 0 Å². The molecule has 2 aromatic carbocycles. The first-order valence-corrected chi connectivity index (χ1v) is 8.23. The van der Waals surface area contributed by atoms with E-state index in [1.54, 1.807) is 18.6 Å².